The van der Waals surface area contributed by atoms with Crippen molar-refractivity contribution in [2.45, 2.75) is 19.0 Å². The van der Waals surface area contributed by atoms with Crippen LogP contribution in [-0.2, 0) is 23.0 Å². The highest BCUT2D eigenvalue weighted by atomic mass is 32.2. The molecule has 4 nitrogen and oxygen atoms in total. The molecule has 3 rings (SSSR count). The third-order valence-corrected chi connectivity index (χ3v) is 5.46. The van der Waals surface area contributed by atoms with Crippen LogP contribution in [0.15, 0.2) is 41.1 Å². The molecule has 0 saturated heterocycles. The normalized spacial score (nSPS) is 17.1. The monoisotopic (exact) mass is 336 g/mol. The largest absolute Gasteiger partial charge is 0.290 e. The number of sulfonamides is 1. The van der Waals surface area contributed by atoms with Gasteiger partial charge < -0.3 is 0 Å². The van der Waals surface area contributed by atoms with Crippen molar-refractivity contribution in [3.05, 3.63) is 57.8 Å². The van der Waals surface area contributed by atoms with Crippen LogP contribution in [0.2, 0.25) is 0 Å². The first-order chi connectivity index (χ1) is 10.5. The van der Waals surface area contributed by atoms with Gasteiger partial charge in [0.25, 0.3) is 0 Å². The Morgan fingerprint density at radius 2 is 2.05 bits per heavy atom. The highest BCUT2D eigenvalue weighted by Gasteiger charge is 2.25. The number of nitrogens with one attached hydrogen (secondary N) is 1. The van der Waals surface area contributed by atoms with E-state index in [2.05, 4.69) is 45.3 Å². The van der Waals surface area contributed by atoms with Crippen LogP contribution in [0.25, 0.3) is 0 Å². The van der Waals surface area contributed by atoms with Crippen molar-refractivity contribution < 1.29 is 8.42 Å². The van der Waals surface area contributed by atoms with Crippen LogP contribution in [0.4, 0.5) is 0 Å². The molecule has 0 aliphatic carbocycles. The van der Waals surface area contributed by atoms with E-state index in [4.69, 9.17) is 0 Å². The summed E-state index contributed by atoms with van der Waals surface area (Å²) in [6, 6.07) is 10.7. The maximum Gasteiger partial charge on any atom is 0.208 e. The lowest BCUT2D eigenvalue weighted by Crippen LogP contribution is -2.40. The van der Waals surface area contributed by atoms with Crippen molar-refractivity contribution in [3.8, 4) is 0 Å². The third-order valence-electron chi connectivity index (χ3n) is 4.07. The topological polar surface area (TPSA) is 49.4 Å². The Morgan fingerprint density at radius 3 is 2.73 bits per heavy atom. The van der Waals surface area contributed by atoms with E-state index in [1.165, 1.54) is 22.9 Å². The van der Waals surface area contributed by atoms with Crippen molar-refractivity contribution >= 4 is 21.4 Å². The van der Waals surface area contributed by atoms with Gasteiger partial charge in [0.2, 0.25) is 10.0 Å². The predicted molar refractivity (Wildman–Crippen MR) is 90.5 cm³/mol. The molecule has 1 aliphatic rings. The van der Waals surface area contributed by atoms with E-state index in [9.17, 15) is 8.42 Å². The van der Waals surface area contributed by atoms with Gasteiger partial charge in [-0.05, 0) is 39.9 Å². The van der Waals surface area contributed by atoms with Gasteiger partial charge >= 0.3 is 0 Å². The molecule has 0 amide bonds. The van der Waals surface area contributed by atoms with Crippen molar-refractivity contribution in [2.24, 2.45) is 0 Å². The summed E-state index contributed by atoms with van der Waals surface area (Å²) < 4.78 is 25.6. The fraction of sp³-hybridized carbons (Fsp3) is 0.375. The molecule has 0 unspecified atom stereocenters. The lowest BCUT2D eigenvalue weighted by molar-refractivity contribution is 0.181. The molecule has 22 heavy (non-hydrogen) atoms. The number of fused-ring (bicyclic) bond motifs is 1. The summed E-state index contributed by atoms with van der Waals surface area (Å²) in [5, 5.41) is 4.15. The number of benzene rings is 1. The smallest absolute Gasteiger partial charge is 0.208 e. The van der Waals surface area contributed by atoms with Gasteiger partial charge in [0.15, 0.2) is 0 Å². The minimum absolute atomic E-state index is 0.0781. The van der Waals surface area contributed by atoms with E-state index in [0.29, 0.717) is 6.54 Å². The lowest BCUT2D eigenvalue weighted by Gasteiger charge is -2.35. The molecule has 1 aliphatic heterocycles. The summed E-state index contributed by atoms with van der Waals surface area (Å²) in [7, 11) is -3.18. The molecular weight excluding hydrogens is 316 g/mol. The molecule has 1 atom stereocenters. The summed E-state index contributed by atoms with van der Waals surface area (Å²) in [6.07, 6.45) is 2.22. The van der Waals surface area contributed by atoms with Crippen molar-refractivity contribution in [1.82, 2.24) is 9.62 Å². The average molecular weight is 336 g/mol. The van der Waals surface area contributed by atoms with Crippen LogP contribution in [0.1, 0.15) is 22.7 Å². The third kappa shape index (κ3) is 3.76. The Balaban J connectivity index is 1.81. The first kappa shape index (κ1) is 15.7. The van der Waals surface area contributed by atoms with E-state index >= 15 is 0 Å². The summed E-state index contributed by atoms with van der Waals surface area (Å²) in [5.74, 6) is 0. The standard InChI is InChI=1S/C16H20N2O2S2/c1-22(19,20)17-10-16(15-7-9-21-12-15)18-8-6-13-4-2-3-5-14(13)11-18/h2-5,7,9,12,16-17H,6,8,10-11H2,1H3/t16-/m0/s1. The zero-order chi connectivity index (χ0) is 15.6. The highest BCUT2D eigenvalue weighted by Crippen LogP contribution is 2.28. The van der Waals surface area contributed by atoms with Gasteiger partial charge in [-0.15, -0.1) is 0 Å². The molecule has 1 aromatic carbocycles. The molecule has 0 spiro atoms. The van der Waals surface area contributed by atoms with E-state index in [0.717, 1.165) is 19.5 Å². The number of hydrogen-bond acceptors (Lipinski definition) is 4. The summed E-state index contributed by atoms with van der Waals surface area (Å²) >= 11 is 1.65. The van der Waals surface area contributed by atoms with E-state index in [-0.39, 0.29) is 6.04 Å². The minimum Gasteiger partial charge on any atom is -0.290 e. The quantitative estimate of drug-likeness (QED) is 0.912. The van der Waals surface area contributed by atoms with Gasteiger partial charge in [-0.1, -0.05) is 24.3 Å². The van der Waals surface area contributed by atoms with Crippen LogP contribution >= 0.6 is 11.3 Å². The Kier molecular flexibility index (Phi) is 4.63. The highest BCUT2D eigenvalue weighted by molar-refractivity contribution is 7.88. The van der Waals surface area contributed by atoms with Gasteiger partial charge in [-0.25, -0.2) is 13.1 Å². The summed E-state index contributed by atoms with van der Waals surface area (Å²) in [4.78, 5) is 2.36. The SMILES string of the molecule is CS(=O)(=O)NC[C@@H](c1ccsc1)N1CCc2ccccc2C1. The molecule has 2 heterocycles. The molecular formula is C16H20N2O2S2. The van der Waals surface area contributed by atoms with Gasteiger partial charge in [0, 0.05) is 25.7 Å². The molecule has 6 heteroatoms. The first-order valence-corrected chi connectivity index (χ1v) is 10.1. The van der Waals surface area contributed by atoms with Crippen LogP contribution in [-0.4, -0.2) is 32.7 Å². The van der Waals surface area contributed by atoms with Crippen molar-refractivity contribution in [3.63, 3.8) is 0 Å². The van der Waals surface area contributed by atoms with E-state index in [1.54, 1.807) is 11.3 Å². The second kappa shape index (κ2) is 6.50. The van der Waals surface area contributed by atoms with Crippen LogP contribution < -0.4 is 4.72 Å². The van der Waals surface area contributed by atoms with Gasteiger partial charge in [0.1, 0.15) is 0 Å². The van der Waals surface area contributed by atoms with Crippen molar-refractivity contribution in [1.29, 1.82) is 0 Å². The predicted octanol–water partition coefficient (Wildman–Crippen LogP) is 2.40. The van der Waals surface area contributed by atoms with Crippen LogP contribution in [0.3, 0.4) is 0 Å². The maximum atomic E-state index is 11.5. The molecule has 1 N–H and O–H groups in total. The second-order valence-electron chi connectivity index (χ2n) is 5.68. The fourth-order valence-electron chi connectivity index (χ4n) is 2.94. The Labute approximate surface area is 135 Å². The number of thiophene rings is 1. The van der Waals surface area contributed by atoms with E-state index < -0.39 is 10.0 Å². The molecule has 0 saturated carbocycles. The summed E-state index contributed by atoms with van der Waals surface area (Å²) in [5.41, 5.74) is 3.92. The molecule has 0 bridgehead atoms. The van der Waals surface area contributed by atoms with Gasteiger partial charge in [0.05, 0.1) is 6.26 Å². The molecule has 118 valence electrons. The molecule has 0 radical (unpaired) electrons. The van der Waals surface area contributed by atoms with Crippen molar-refractivity contribution in [2.75, 3.05) is 19.3 Å². The van der Waals surface area contributed by atoms with Gasteiger partial charge in [-0.2, -0.15) is 11.3 Å². The second-order valence-corrected chi connectivity index (χ2v) is 8.30. The van der Waals surface area contributed by atoms with E-state index in [1.807, 2.05) is 5.38 Å². The minimum atomic E-state index is -3.18. The molecule has 0 fully saturated rings. The Hall–Kier alpha value is -1.21. The fourth-order valence-corrected chi connectivity index (χ4v) is 4.10. The molecule has 2 aromatic rings. The van der Waals surface area contributed by atoms with Gasteiger partial charge in [-0.3, -0.25) is 4.90 Å². The maximum absolute atomic E-state index is 11.5. The number of nitrogens with zero attached hydrogens (tertiary/aromatic N) is 1. The number of rotatable bonds is 5. The Bertz CT molecular complexity index is 726. The first-order valence-electron chi connectivity index (χ1n) is 7.30. The Morgan fingerprint density at radius 1 is 1.27 bits per heavy atom. The van der Waals surface area contributed by atoms with Crippen LogP contribution in [0, 0.1) is 0 Å². The zero-order valence-electron chi connectivity index (χ0n) is 12.5. The van der Waals surface area contributed by atoms with Crippen LogP contribution in [0.5, 0.6) is 0 Å². The lowest BCUT2D eigenvalue weighted by atomic mass is 9.97. The molecule has 1 aromatic heterocycles. The summed E-state index contributed by atoms with van der Waals surface area (Å²) in [6.45, 7) is 2.23. The number of hydrogen-bond donors (Lipinski definition) is 1. The average Bonchev–Trinajstić information content (AvgIpc) is 3.00. The zero-order valence-corrected chi connectivity index (χ0v) is 14.2.